The van der Waals surface area contributed by atoms with Gasteiger partial charge in [-0.05, 0) is 34.7 Å². The number of halogens is 8. The van der Waals surface area contributed by atoms with Gasteiger partial charge in [0.2, 0.25) is 0 Å². The van der Waals surface area contributed by atoms with Crippen molar-refractivity contribution < 1.29 is 19.4 Å². The zero-order valence-electron chi connectivity index (χ0n) is 10.5. The lowest BCUT2D eigenvalue weighted by molar-refractivity contribution is 0.364. The Morgan fingerprint density at radius 3 is 2.00 bits per heavy atom. The minimum absolute atomic E-state index is 0.0460. The Morgan fingerprint density at radius 1 is 1.17 bits per heavy atom. The maximum absolute atomic E-state index is 12.8. The Hall–Kier alpha value is -0.970. The molecule has 0 spiro atoms. The van der Waals surface area contributed by atoms with Crippen molar-refractivity contribution in [2.75, 3.05) is 5.73 Å². The maximum Gasteiger partial charge on any atom is 0.310 e. The summed E-state index contributed by atoms with van der Waals surface area (Å²) in [4.78, 5) is -2.23. The first-order chi connectivity index (χ1) is 10.2. The molecular formula is C10H4Cl2F5IN4S. The molecule has 0 saturated carbocycles. The summed E-state index contributed by atoms with van der Waals surface area (Å²) < 4.78 is 65.2. The lowest BCUT2D eigenvalue weighted by Crippen LogP contribution is -2.09. The summed E-state index contributed by atoms with van der Waals surface area (Å²) in [6, 6.07) is 1.81. The van der Waals surface area contributed by atoms with Crippen LogP contribution >= 0.6 is 56.0 Å². The second kappa shape index (κ2) is 4.78. The summed E-state index contributed by atoms with van der Waals surface area (Å²) >= 11 is 13.0. The normalized spacial score (nSPS) is 14.9. The molecular weight excluding hydrogens is 501 g/mol. The van der Waals surface area contributed by atoms with Gasteiger partial charge in [0.15, 0.2) is 5.69 Å². The quantitative estimate of drug-likeness (QED) is 0.409. The number of hydrogen-bond donors (Lipinski definition) is 1. The standard InChI is InChI=1S/C10H4Cl2F5IN4S/c11-5-1-4(23(13,14,15,16)17)2-6(12)9(5)22-10(20)8(18)7(3-19)21-22/h1-2H,20H2. The van der Waals surface area contributed by atoms with Crippen LogP contribution in [0.1, 0.15) is 5.69 Å². The van der Waals surface area contributed by atoms with Crippen molar-refractivity contribution in [3.05, 3.63) is 31.4 Å². The molecule has 4 nitrogen and oxygen atoms in total. The molecule has 0 aliphatic rings. The van der Waals surface area contributed by atoms with Crippen molar-refractivity contribution in [3.63, 3.8) is 0 Å². The molecule has 0 unspecified atom stereocenters. The van der Waals surface area contributed by atoms with Crippen LogP contribution in [0, 0.1) is 14.9 Å². The van der Waals surface area contributed by atoms with E-state index < -0.39 is 25.2 Å². The molecule has 13 heteroatoms. The predicted octanol–water partition coefficient (Wildman–Crippen LogP) is 5.89. The third kappa shape index (κ3) is 3.44. The lowest BCUT2D eigenvalue weighted by atomic mass is 10.3. The number of nitrogens with two attached hydrogens (primary N) is 1. The molecule has 2 rings (SSSR count). The highest BCUT2D eigenvalue weighted by Crippen LogP contribution is 3.02. The molecule has 23 heavy (non-hydrogen) atoms. The highest BCUT2D eigenvalue weighted by molar-refractivity contribution is 14.1. The molecule has 0 radical (unpaired) electrons. The van der Waals surface area contributed by atoms with Crippen molar-refractivity contribution in [2.24, 2.45) is 0 Å². The molecule has 0 bridgehead atoms. The van der Waals surface area contributed by atoms with Gasteiger partial charge in [-0.25, -0.2) is 4.68 Å². The first kappa shape index (κ1) is 18.4. The summed E-state index contributed by atoms with van der Waals surface area (Å²) in [5.41, 5.74) is 5.23. The van der Waals surface area contributed by atoms with E-state index in [1.807, 2.05) is 0 Å². The highest BCUT2D eigenvalue weighted by atomic mass is 127. The third-order valence-corrected chi connectivity index (χ3v) is 5.38. The van der Waals surface area contributed by atoms with Gasteiger partial charge in [-0.3, -0.25) is 0 Å². The minimum atomic E-state index is -9.94. The number of nitrogens with zero attached hydrogens (tertiary/aromatic N) is 3. The highest BCUT2D eigenvalue weighted by Gasteiger charge is 2.65. The summed E-state index contributed by atoms with van der Waals surface area (Å²) in [5.74, 6) is -0.119. The van der Waals surface area contributed by atoms with Gasteiger partial charge in [-0.2, -0.15) is 10.4 Å². The van der Waals surface area contributed by atoms with E-state index in [1.165, 1.54) is 0 Å². The Kier molecular flexibility index (Phi) is 3.81. The molecule has 0 aliphatic carbocycles. The van der Waals surface area contributed by atoms with Crippen molar-refractivity contribution in [1.82, 2.24) is 9.78 Å². The van der Waals surface area contributed by atoms with Gasteiger partial charge in [0.25, 0.3) is 0 Å². The summed E-state index contributed by atoms with van der Waals surface area (Å²) in [5, 5.41) is 11.1. The first-order valence-corrected chi connectivity index (χ1v) is 9.12. The third-order valence-electron chi connectivity index (χ3n) is 2.61. The van der Waals surface area contributed by atoms with Crippen LogP contribution in [0.15, 0.2) is 17.0 Å². The molecule has 0 atom stereocenters. The van der Waals surface area contributed by atoms with Gasteiger partial charge < -0.3 is 5.73 Å². The predicted molar refractivity (Wildman–Crippen MR) is 86.8 cm³/mol. The fourth-order valence-electron chi connectivity index (χ4n) is 1.62. The average molecular weight is 505 g/mol. The first-order valence-electron chi connectivity index (χ1n) is 5.33. The molecule has 1 aromatic heterocycles. The molecule has 0 aliphatic heterocycles. The minimum Gasteiger partial charge on any atom is -0.383 e. The SMILES string of the molecule is N#Cc1nn(-c2c(Cl)cc(S(F)(F)(F)(F)F)cc2Cl)c(N)c1I. The number of anilines is 1. The van der Waals surface area contributed by atoms with E-state index in [-0.39, 0.29) is 32.9 Å². The monoisotopic (exact) mass is 504 g/mol. The number of nitriles is 1. The maximum atomic E-state index is 12.8. The van der Waals surface area contributed by atoms with Crippen LogP contribution in [0.5, 0.6) is 0 Å². The van der Waals surface area contributed by atoms with Gasteiger partial charge in [-0.1, -0.05) is 42.6 Å². The zero-order chi connectivity index (χ0) is 17.9. The van der Waals surface area contributed by atoms with Crippen LogP contribution in [0.4, 0.5) is 25.2 Å². The van der Waals surface area contributed by atoms with Gasteiger partial charge in [-0.15, -0.1) is 0 Å². The second-order valence-corrected chi connectivity index (χ2v) is 8.58. The smallest absolute Gasteiger partial charge is 0.310 e. The zero-order valence-corrected chi connectivity index (χ0v) is 15.0. The number of hydrogen-bond acceptors (Lipinski definition) is 3. The number of aromatic nitrogens is 2. The van der Waals surface area contributed by atoms with Crippen molar-refractivity contribution >= 4 is 61.8 Å². The molecule has 0 amide bonds. The van der Waals surface area contributed by atoms with E-state index in [9.17, 15) is 19.4 Å². The van der Waals surface area contributed by atoms with E-state index in [2.05, 4.69) is 5.10 Å². The molecule has 0 saturated heterocycles. The van der Waals surface area contributed by atoms with Gasteiger partial charge >= 0.3 is 10.2 Å². The molecule has 2 N–H and O–H groups in total. The van der Waals surface area contributed by atoms with Gasteiger partial charge in [0, 0.05) is 0 Å². The topological polar surface area (TPSA) is 67.6 Å². The van der Waals surface area contributed by atoms with Gasteiger partial charge in [0.05, 0.1) is 13.6 Å². The van der Waals surface area contributed by atoms with Crippen LogP contribution in [0.3, 0.4) is 0 Å². The number of benzene rings is 1. The Morgan fingerprint density at radius 2 is 1.65 bits per heavy atom. The lowest BCUT2D eigenvalue weighted by Gasteiger charge is -2.40. The van der Waals surface area contributed by atoms with E-state index in [0.717, 1.165) is 4.68 Å². The van der Waals surface area contributed by atoms with Crippen LogP contribution in [-0.4, -0.2) is 9.78 Å². The Labute approximate surface area is 149 Å². The van der Waals surface area contributed by atoms with Crippen LogP contribution in [0.2, 0.25) is 10.0 Å². The van der Waals surface area contributed by atoms with Gasteiger partial charge in [0.1, 0.15) is 22.5 Å². The largest absolute Gasteiger partial charge is 0.383 e. The van der Waals surface area contributed by atoms with E-state index >= 15 is 0 Å². The molecule has 1 aromatic carbocycles. The average Bonchev–Trinajstić information content (AvgIpc) is 2.63. The summed E-state index contributed by atoms with van der Waals surface area (Å²) in [6.45, 7) is 0. The second-order valence-electron chi connectivity index (χ2n) is 4.28. The van der Waals surface area contributed by atoms with Crippen LogP contribution in [0.25, 0.3) is 5.69 Å². The van der Waals surface area contributed by atoms with Crippen molar-refractivity contribution in [3.8, 4) is 11.8 Å². The summed E-state index contributed by atoms with van der Waals surface area (Å²) in [7, 11) is -9.94. The van der Waals surface area contributed by atoms with E-state index in [0.29, 0.717) is 0 Å². The van der Waals surface area contributed by atoms with Crippen molar-refractivity contribution in [2.45, 2.75) is 4.90 Å². The van der Waals surface area contributed by atoms with E-state index in [1.54, 1.807) is 28.7 Å². The van der Waals surface area contributed by atoms with Crippen LogP contribution in [-0.2, 0) is 0 Å². The fraction of sp³-hybridized carbons (Fsp3) is 0. The number of rotatable bonds is 2. The molecule has 1 heterocycles. The molecule has 126 valence electrons. The fourth-order valence-corrected chi connectivity index (χ4v) is 3.54. The Balaban J connectivity index is 2.77. The van der Waals surface area contributed by atoms with E-state index in [4.69, 9.17) is 34.2 Å². The molecule has 0 fully saturated rings. The van der Waals surface area contributed by atoms with Crippen molar-refractivity contribution in [1.29, 1.82) is 5.26 Å². The Bertz CT molecular complexity index is 852. The van der Waals surface area contributed by atoms with Crippen LogP contribution < -0.4 is 5.73 Å². The number of nitrogen functional groups attached to an aromatic ring is 1. The summed E-state index contributed by atoms with van der Waals surface area (Å²) in [6.07, 6.45) is 0. The molecule has 2 aromatic rings.